The van der Waals surface area contributed by atoms with Crippen LogP contribution in [0.2, 0.25) is 0 Å². The van der Waals surface area contributed by atoms with Crippen molar-refractivity contribution in [3.05, 3.63) is 207 Å². The van der Waals surface area contributed by atoms with Gasteiger partial charge in [-0.25, -0.2) is 9.97 Å². The van der Waals surface area contributed by atoms with E-state index in [4.69, 9.17) is 23.5 Å². The predicted molar refractivity (Wildman–Crippen MR) is 265 cm³/mol. The molecule has 6 heterocycles. The van der Waals surface area contributed by atoms with E-state index in [9.17, 15) is 0 Å². The van der Waals surface area contributed by atoms with E-state index in [1.165, 1.54) is 0 Å². The Kier molecular flexibility index (Phi) is 7.84. The van der Waals surface area contributed by atoms with Gasteiger partial charge in [-0.05, 0) is 71.8 Å². The van der Waals surface area contributed by atoms with E-state index in [0.29, 0.717) is 23.8 Å². The molecule has 312 valence electrons. The first-order valence-electron chi connectivity index (χ1n) is 22.0. The fourth-order valence-corrected chi connectivity index (χ4v) is 9.91. The second-order valence-electron chi connectivity index (χ2n) is 16.7. The molecule has 0 bridgehead atoms. The van der Waals surface area contributed by atoms with Gasteiger partial charge in [-0.2, -0.15) is 0 Å². The maximum absolute atomic E-state index is 7.08. The summed E-state index contributed by atoms with van der Waals surface area (Å²) in [7, 11) is 0. The lowest BCUT2D eigenvalue weighted by molar-refractivity contribution is 0.477. The number of benzene rings is 8. The molecular weight excluding hydrogens is 817 g/mol. The van der Waals surface area contributed by atoms with Crippen molar-refractivity contribution in [2.75, 3.05) is 16.5 Å². The number of pyridine rings is 1. The first kappa shape index (κ1) is 36.4. The average Bonchev–Trinajstić information content (AvgIpc) is 4.21. The molecule has 0 atom stereocenters. The molecule has 0 N–H and O–H groups in total. The first-order valence-corrected chi connectivity index (χ1v) is 22.0. The van der Waals surface area contributed by atoms with E-state index in [-0.39, 0.29) is 0 Å². The van der Waals surface area contributed by atoms with E-state index >= 15 is 0 Å². The number of hydrogen-bond donors (Lipinski definition) is 0. The summed E-state index contributed by atoms with van der Waals surface area (Å²) < 4.78 is 24.7. The van der Waals surface area contributed by atoms with Crippen LogP contribution in [0.1, 0.15) is 0 Å². The second-order valence-corrected chi connectivity index (χ2v) is 16.7. The molecule has 0 saturated carbocycles. The number of para-hydroxylation sites is 4. The molecule has 1 aliphatic heterocycles. The minimum absolute atomic E-state index is 0.568. The van der Waals surface area contributed by atoms with Gasteiger partial charge in [0.25, 0.3) is 0 Å². The van der Waals surface area contributed by atoms with Crippen LogP contribution < -0.4 is 14.5 Å². The van der Waals surface area contributed by atoms with Gasteiger partial charge in [-0.15, -0.1) is 0 Å². The van der Waals surface area contributed by atoms with Crippen LogP contribution >= 0.6 is 0 Å². The quantitative estimate of drug-likeness (QED) is 0.158. The summed E-state index contributed by atoms with van der Waals surface area (Å²) in [6.07, 6.45) is 6.13. The highest BCUT2D eigenvalue weighted by atomic mass is 16.5. The minimum atomic E-state index is 0.568. The van der Waals surface area contributed by atoms with Gasteiger partial charge >= 0.3 is 0 Å². The molecule has 0 saturated heterocycles. The van der Waals surface area contributed by atoms with Gasteiger partial charge in [0.2, 0.25) is 5.78 Å². The zero-order valence-corrected chi connectivity index (χ0v) is 35.2. The van der Waals surface area contributed by atoms with Crippen molar-refractivity contribution < 1.29 is 13.6 Å². The Morgan fingerprint density at radius 3 is 2.09 bits per heavy atom. The summed E-state index contributed by atoms with van der Waals surface area (Å²) in [5, 5.41) is 3.86. The topological polar surface area (TPSA) is 77.1 Å². The number of nitrogens with zero attached hydrogens (tertiary/aromatic N) is 6. The number of imidazole rings is 2. The SMILES string of the molecule is C1=CN(c2c(-c3ccccc3)cccc2-c2ccccc2)CN1c1cc(Oc2ccc3c(c2)n(-c2ccccn2)c2nc4ccccc4n32)c2oc3c(ccc4oc5ccccc5c43)c2c1. The van der Waals surface area contributed by atoms with Crippen LogP contribution in [0.3, 0.4) is 0 Å². The number of fused-ring (bicyclic) bond motifs is 12. The van der Waals surface area contributed by atoms with Crippen molar-refractivity contribution in [2.24, 2.45) is 0 Å². The summed E-state index contributed by atoms with van der Waals surface area (Å²) >= 11 is 0. The molecule has 9 heteroatoms. The summed E-state index contributed by atoms with van der Waals surface area (Å²) in [6.45, 7) is 0.568. The standard InChI is InChI=1S/C57H36N6O3/c1-3-14-36(15-4-1)40-19-13-20-41(37-16-5-2-6-17-37)54(40)61-31-30-60(35-61)38-32-44-42-26-28-50-53(43-18-7-10-23-49(43)65-50)56(42)66-55(44)51(33-38)64-39-25-27-47-48(34-39)63(52-24-11-12-29-58-52)57-59-45-21-8-9-22-46(45)62(47)57/h1-34H,35H2. The van der Waals surface area contributed by atoms with Gasteiger partial charge in [-0.1, -0.05) is 115 Å². The van der Waals surface area contributed by atoms with Crippen molar-refractivity contribution in [3.63, 3.8) is 0 Å². The Labute approximate surface area is 376 Å². The highest BCUT2D eigenvalue weighted by Gasteiger charge is 2.26. The number of anilines is 2. The van der Waals surface area contributed by atoms with Gasteiger partial charge in [-0.3, -0.25) is 8.97 Å². The maximum atomic E-state index is 7.08. The van der Waals surface area contributed by atoms with Crippen LogP contribution in [0.15, 0.2) is 215 Å². The zero-order chi connectivity index (χ0) is 43.3. The maximum Gasteiger partial charge on any atom is 0.221 e. The van der Waals surface area contributed by atoms with E-state index in [0.717, 1.165) is 106 Å². The summed E-state index contributed by atoms with van der Waals surface area (Å²) in [5.74, 6) is 2.77. The van der Waals surface area contributed by atoms with Crippen molar-refractivity contribution in [3.8, 4) is 39.6 Å². The highest BCUT2D eigenvalue weighted by Crippen LogP contribution is 2.47. The molecule has 8 aromatic carbocycles. The predicted octanol–water partition coefficient (Wildman–Crippen LogP) is 14.5. The van der Waals surface area contributed by atoms with Gasteiger partial charge in [0, 0.05) is 63.7 Å². The molecule has 0 amide bonds. The number of aromatic nitrogens is 4. The molecule has 13 aromatic rings. The van der Waals surface area contributed by atoms with Crippen molar-refractivity contribution in [1.29, 1.82) is 0 Å². The summed E-state index contributed by atoms with van der Waals surface area (Å²) in [4.78, 5) is 14.5. The van der Waals surface area contributed by atoms with Crippen LogP contribution in [-0.4, -0.2) is 25.6 Å². The number of rotatable bonds is 7. The van der Waals surface area contributed by atoms with Crippen LogP contribution in [0, 0.1) is 0 Å². The number of hydrogen-bond acceptors (Lipinski definition) is 7. The Hall–Kier alpha value is -9.08. The third kappa shape index (κ3) is 5.53. The van der Waals surface area contributed by atoms with Gasteiger partial charge in [0.15, 0.2) is 11.3 Å². The number of furan rings is 2. The lowest BCUT2D eigenvalue weighted by Crippen LogP contribution is -2.25. The lowest BCUT2D eigenvalue weighted by atomic mass is 9.95. The Balaban J connectivity index is 0.940. The molecule has 1 aliphatic rings. The monoisotopic (exact) mass is 852 g/mol. The van der Waals surface area contributed by atoms with E-state index in [1.807, 2.05) is 66.7 Å². The van der Waals surface area contributed by atoms with Crippen LogP contribution in [0.25, 0.3) is 99.8 Å². The molecule has 14 rings (SSSR count). The Morgan fingerprint density at radius 1 is 0.515 bits per heavy atom. The lowest BCUT2D eigenvalue weighted by Gasteiger charge is -2.26. The normalized spacial score (nSPS) is 13.0. The molecule has 9 nitrogen and oxygen atoms in total. The molecule has 0 spiro atoms. The summed E-state index contributed by atoms with van der Waals surface area (Å²) in [5.41, 5.74) is 13.5. The average molecular weight is 853 g/mol. The van der Waals surface area contributed by atoms with Gasteiger partial charge in [0.05, 0.1) is 39.8 Å². The van der Waals surface area contributed by atoms with Crippen molar-refractivity contribution >= 4 is 83.1 Å². The largest absolute Gasteiger partial charge is 0.456 e. The highest BCUT2D eigenvalue weighted by molar-refractivity contribution is 6.22. The molecule has 0 aliphatic carbocycles. The molecule has 66 heavy (non-hydrogen) atoms. The number of ether oxygens (including phenoxy) is 1. The third-order valence-corrected chi connectivity index (χ3v) is 12.9. The van der Waals surface area contributed by atoms with Crippen molar-refractivity contribution in [2.45, 2.75) is 0 Å². The molecule has 0 unspecified atom stereocenters. The van der Waals surface area contributed by atoms with Gasteiger partial charge in [0.1, 0.15) is 28.3 Å². The van der Waals surface area contributed by atoms with Gasteiger partial charge < -0.3 is 23.4 Å². The van der Waals surface area contributed by atoms with E-state index in [2.05, 4.69) is 152 Å². The molecule has 0 radical (unpaired) electrons. The van der Waals surface area contributed by atoms with Crippen LogP contribution in [-0.2, 0) is 0 Å². The summed E-state index contributed by atoms with van der Waals surface area (Å²) in [6, 6.07) is 64.7. The minimum Gasteiger partial charge on any atom is -0.456 e. The Bertz CT molecular complexity index is 4020. The second kappa shape index (κ2) is 14.2. The van der Waals surface area contributed by atoms with Crippen LogP contribution in [0.5, 0.6) is 11.5 Å². The fraction of sp³-hybridized carbons (Fsp3) is 0.0175. The van der Waals surface area contributed by atoms with Crippen LogP contribution in [0.4, 0.5) is 11.4 Å². The molecular formula is C57H36N6O3. The van der Waals surface area contributed by atoms with Crippen molar-refractivity contribution in [1.82, 2.24) is 18.9 Å². The smallest absolute Gasteiger partial charge is 0.221 e. The third-order valence-electron chi connectivity index (χ3n) is 12.9. The zero-order valence-electron chi connectivity index (χ0n) is 35.2. The fourth-order valence-electron chi connectivity index (χ4n) is 9.91. The first-order chi connectivity index (χ1) is 32.7. The Morgan fingerprint density at radius 2 is 1.27 bits per heavy atom. The van der Waals surface area contributed by atoms with E-state index < -0.39 is 0 Å². The molecule has 5 aromatic heterocycles. The molecule has 0 fully saturated rings. The van der Waals surface area contributed by atoms with E-state index in [1.54, 1.807) is 6.20 Å².